The Labute approximate surface area is 353 Å². The molecule has 5 N–H and O–H groups in total. The Morgan fingerprint density at radius 2 is 1.43 bits per heavy atom. The topological polar surface area (TPSA) is 209 Å². The Balaban J connectivity index is 1.71. The lowest BCUT2D eigenvalue weighted by Gasteiger charge is -2.38. The zero-order chi connectivity index (χ0) is 44.3. The number of phosphoric acid groups is 1. The van der Waals surface area contributed by atoms with E-state index >= 15 is 0 Å². The minimum Gasteiger partial charge on any atom is -0.453 e. The molecule has 1 fully saturated rings. The standard InChI is InChI=1S/C43H61N6O10P/c1-29-16-15-21-32(44-29)27-48-22-23-49(41(48)53)37(43(5,6)7)39(51)45-33(24-30-17-11-9-12-18-30)26-35(58-28-59-60(54,55)56)34(25-31-19-13-10-14-20-31)46-38(50)36(42(2,3)4)47-40(52)57-8/h9-21,33-37H,22-28H2,1-8H3,(H,45,51)(H,46,50)(H,47,52)(H2,54,55,56)/t33-,34-,35-,36+,37+/m0/s1. The van der Waals surface area contributed by atoms with Gasteiger partial charge in [0.1, 0.15) is 12.1 Å². The number of amides is 5. The summed E-state index contributed by atoms with van der Waals surface area (Å²) in [5, 5.41) is 8.86. The number of nitrogens with zero attached hydrogens (tertiary/aromatic N) is 3. The van der Waals surface area contributed by atoms with Crippen LogP contribution in [0.3, 0.4) is 0 Å². The lowest BCUT2D eigenvalue weighted by atomic mass is 9.84. The molecule has 1 saturated heterocycles. The monoisotopic (exact) mass is 852 g/mol. The van der Waals surface area contributed by atoms with Gasteiger partial charge in [0.2, 0.25) is 11.8 Å². The number of hydrogen-bond acceptors (Lipinski definition) is 9. The lowest BCUT2D eigenvalue weighted by molar-refractivity contribution is -0.131. The smallest absolute Gasteiger partial charge is 0.453 e. The van der Waals surface area contributed by atoms with E-state index in [4.69, 9.17) is 14.0 Å². The van der Waals surface area contributed by atoms with Gasteiger partial charge in [0.15, 0.2) is 6.79 Å². The van der Waals surface area contributed by atoms with Gasteiger partial charge in [-0.15, -0.1) is 0 Å². The van der Waals surface area contributed by atoms with Crippen LogP contribution in [-0.2, 0) is 47.5 Å². The number of hydrogen-bond donors (Lipinski definition) is 5. The molecule has 1 aliphatic heterocycles. The highest BCUT2D eigenvalue weighted by molar-refractivity contribution is 7.46. The van der Waals surface area contributed by atoms with Crippen LogP contribution in [0.4, 0.5) is 9.59 Å². The average molecular weight is 853 g/mol. The van der Waals surface area contributed by atoms with E-state index in [1.807, 2.05) is 107 Å². The highest BCUT2D eigenvalue weighted by atomic mass is 31.2. The Hall–Kier alpha value is -4.86. The third-order valence-electron chi connectivity index (χ3n) is 10.1. The number of urea groups is 1. The van der Waals surface area contributed by atoms with E-state index in [1.165, 1.54) is 7.11 Å². The molecule has 5 amide bonds. The summed E-state index contributed by atoms with van der Waals surface area (Å²) in [4.78, 5) is 82.2. The highest BCUT2D eigenvalue weighted by Crippen LogP contribution is 2.36. The molecule has 60 heavy (non-hydrogen) atoms. The van der Waals surface area contributed by atoms with Crippen molar-refractivity contribution in [2.75, 3.05) is 27.0 Å². The number of alkyl carbamates (subject to hydrolysis) is 1. The molecule has 0 unspecified atom stereocenters. The number of carbonyl (C=O) groups is 4. The van der Waals surface area contributed by atoms with Crippen LogP contribution >= 0.6 is 7.82 Å². The molecule has 2 aromatic carbocycles. The molecule has 2 heterocycles. The van der Waals surface area contributed by atoms with Gasteiger partial charge in [-0.1, -0.05) is 108 Å². The lowest BCUT2D eigenvalue weighted by Crippen LogP contribution is -2.59. The van der Waals surface area contributed by atoms with Crippen LogP contribution in [0.5, 0.6) is 0 Å². The first kappa shape index (κ1) is 47.8. The van der Waals surface area contributed by atoms with Crippen LogP contribution in [0, 0.1) is 17.8 Å². The number of aryl methyl sites for hydroxylation is 1. The molecule has 0 saturated carbocycles. The molecule has 328 valence electrons. The minimum atomic E-state index is -4.98. The predicted molar refractivity (Wildman–Crippen MR) is 225 cm³/mol. The van der Waals surface area contributed by atoms with Gasteiger partial charge in [0.05, 0.1) is 31.5 Å². The number of carbonyl (C=O) groups excluding carboxylic acids is 4. The van der Waals surface area contributed by atoms with Gasteiger partial charge in [-0.3, -0.25) is 19.1 Å². The maximum absolute atomic E-state index is 14.7. The predicted octanol–water partition coefficient (Wildman–Crippen LogP) is 5.11. The molecule has 16 nitrogen and oxygen atoms in total. The summed E-state index contributed by atoms with van der Waals surface area (Å²) in [5.41, 5.74) is 1.76. The van der Waals surface area contributed by atoms with Crippen molar-refractivity contribution in [3.05, 3.63) is 101 Å². The SMILES string of the molecule is COC(=O)N[C@H](C(=O)N[C@@H](Cc1ccccc1)[C@H](C[C@H](Cc1ccccc1)NC(=O)[C@@H](N1CCN(Cc2cccc(C)n2)C1=O)C(C)(C)C)OCOP(=O)(O)O)C(C)(C)C. The van der Waals surface area contributed by atoms with Gasteiger partial charge < -0.3 is 45.0 Å². The fraction of sp³-hybridized carbons (Fsp3) is 0.512. The summed E-state index contributed by atoms with van der Waals surface area (Å²) < 4.78 is 27.5. The second-order valence-electron chi connectivity index (χ2n) is 17.2. The minimum absolute atomic E-state index is 0.0174. The number of methoxy groups -OCH3 is 1. The van der Waals surface area contributed by atoms with E-state index in [2.05, 4.69) is 20.9 Å². The molecule has 1 aromatic heterocycles. The number of benzene rings is 2. The Morgan fingerprint density at radius 1 is 0.817 bits per heavy atom. The van der Waals surface area contributed by atoms with Crippen LogP contribution in [0.2, 0.25) is 0 Å². The maximum atomic E-state index is 14.7. The third kappa shape index (κ3) is 14.7. The van der Waals surface area contributed by atoms with Gasteiger partial charge in [0, 0.05) is 24.8 Å². The molecule has 5 atom stereocenters. The van der Waals surface area contributed by atoms with Crippen molar-refractivity contribution < 1.29 is 47.5 Å². The second kappa shape index (κ2) is 21.1. The zero-order valence-corrected chi connectivity index (χ0v) is 36.7. The van der Waals surface area contributed by atoms with E-state index in [0.29, 0.717) is 26.1 Å². The number of aromatic nitrogens is 1. The molecule has 3 aromatic rings. The van der Waals surface area contributed by atoms with Gasteiger partial charge >= 0.3 is 19.9 Å². The molecule has 0 aliphatic carbocycles. The van der Waals surface area contributed by atoms with Gasteiger partial charge in [-0.05, 0) is 60.3 Å². The summed E-state index contributed by atoms with van der Waals surface area (Å²) in [6.45, 7) is 13.1. The third-order valence-corrected chi connectivity index (χ3v) is 10.6. The number of rotatable bonds is 19. The van der Waals surface area contributed by atoms with Crippen molar-refractivity contribution in [1.82, 2.24) is 30.7 Å². The van der Waals surface area contributed by atoms with Crippen molar-refractivity contribution in [1.29, 1.82) is 0 Å². The van der Waals surface area contributed by atoms with Gasteiger partial charge in [-0.2, -0.15) is 0 Å². The van der Waals surface area contributed by atoms with Crippen molar-refractivity contribution in [3.63, 3.8) is 0 Å². The van der Waals surface area contributed by atoms with Crippen molar-refractivity contribution >= 4 is 31.8 Å². The summed E-state index contributed by atoms with van der Waals surface area (Å²) in [6, 6.07) is 20.5. The van der Waals surface area contributed by atoms with E-state index < -0.39 is 73.6 Å². The largest absolute Gasteiger partial charge is 0.471 e. The summed E-state index contributed by atoms with van der Waals surface area (Å²) in [7, 11) is -3.79. The van der Waals surface area contributed by atoms with E-state index in [1.54, 1.807) is 30.6 Å². The highest BCUT2D eigenvalue weighted by Gasteiger charge is 2.44. The number of phosphoric ester groups is 1. The Kier molecular flexibility index (Phi) is 16.8. The number of ether oxygens (including phenoxy) is 2. The zero-order valence-electron chi connectivity index (χ0n) is 35.8. The van der Waals surface area contributed by atoms with Crippen molar-refractivity contribution in [3.8, 4) is 0 Å². The molecule has 4 rings (SSSR count). The second-order valence-corrected chi connectivity index (χ2v) is 18.5. The normalized spacial score (nSPS) is 16.1. The van der Waals surface area contributed by atoms with Crippen LogP contribution in [0.15, 0.2) is 78.9 Å². The van der Waals surface area contributed by atoms with Gasteiger partial charge in [-0.25, -0.2) is 14.2 Å². The van der Waals surface area contributed by atoms with Crippen molar-refractivity contribution in [2.24, 2.45) is 10.8 Å². The summed E-state index contributed by atoms with van der Waals surface area (Å²) in [6.07, 6.45) is -1.34. The summed E-state index contributed by atoms with van der Waals surface area (Å²) >= 11 is 0. The van der Waals surface area contributed by atoms with Crippen LogP contribution in [0.25, 0.3) is 0 Å². The maximum Gasteiger partial charge on any atom is 0.471 e. The first-order chi connectivity index (χ1) is 28.1. The van der Waals surface area contributed by atoms with E-state index in [0.717, 1.165) is 22.5 Å². The molecular weight excluding hydrogens is 791 g/mol. The van der Waals surface area contributed by atoms with E-state index in [9.17, 15) is 33.5 Å². The first-order valence-corrected chi connectivity index (χ1v) is 21.5. The fourth-order valence-corrected chi connectivity index (χ4v) is 7.52. The summed E-state index contributed by atoms with van der Waals surface area (Å²) in [5.74, 6) is -0.969. The molecular formula is C43H61N6O10P. The Bertz CT molecular complexity index is 1940. The molecule has 0 bridgehead atoms. The first-order valence-electron chi connectivity index (χ1n) is 20.0. The van der Waals surface area contributed by atoms with Crippen molar-refractivity contribution in [2.45, 2.75) is 105 Å². The molecule has 0 spiro atoms. The van der Waals surface area contributed by atoms with E-state index in [-0.39, 0.29) is 18.9 Å². The average Bonchev–Trinajstić information content (AvgIpc) is 3.50. The van der Waals surface area contributed by atoms with Crippen LogP contribution in [0.1, 0.15) is 70.5 Å². The van der Waals surface area contributed by atoms with Gasteiger partial charge in [0.25, 0.3) is 0 Å². The number of nitrogens with one attached hydrogen (secondary N) is 3. The quantitative estimate of drug-likeness (QED) is 0.0791. The Morgan fingerprint density at radius 3 is 1.98 bits per heavy atom. The molecule has 0 radical (unpaired) electrons. The van der Waals surface area contributed by atoms with Crippen LogP contribution < -0.4 is 16.0 Å². The van der Waals surface area contributed by atoms with Crippen LogP contribution in [-0.4, -0.2) is 106 Å². The molecule has 17 heteroatoms. The fourth-order valence-electron chi connectivity index (χ4n) is 7.32. The number of pyridine rings is 1. The molecule has 1 aliphatic rings.